The molecular formula is C38H32P2. The molecule has 0 radical (unpaired) electrons. The highest BCUT2D eigenvalue weighted by Crippen LogP contribution is 2.41. The number of aryl methyl sites for hydroxylation is 2. The zero-order valence-corrected chi connectivity index (χ0v) is 24.7. The highest BCUT2D eigenvalue weighted by atomic mass is 31.1. The molecule has 0 atom stereocenters. The largest absolute Gasteiger partial charge is 0.0622 e. The zero-order valence-electron chi connectivity index (χ0n) is 22.9. The first-order valence-electron chi connectivity index (χ1n) is 13.7. The first-order chi connectivity index (χ1) is 19.7. The molecule has 0 aliphatic heterocycles. The van der Waals surface area contributed by atoms with E-state index in [0.29, 0.717) is 0 Å². The summed E-state index contributed by atoms with van der Waals surface area (Å²) in [6.45, 7) is 4.43. The summed E-state index contributed by atoms with van der Waals surface area (Å²) in [5, 5.41) is 8.31. The lowest BCUT2D eigenvalue weighted by Crippen LogP contribution is -2.26. The molecule has 0 amide bonds. The molecular weight excluding hydrogens is 518 g/mol. The first kappa shape index (κ1) is 26.4. The second kappa shape index (κ2) is 12.1. The Balaban J connectivity index is 1.62. The topological polar surface area (TPSA) is 0 Å². The molecule has 0 saturated heterocycles. The predicted molar refractivity (Wildman–Crippen MR) is 179 cm³/mol. The Hall–Kier alpha value is -3.82. The van der Waals surface area contributed by atoms with Gasteiger partial charge in [-0.3, -0.25) is 0 Å². The molecule has 0 aliphatic rings. The van der Waals surface area contributed by atoms with E-state index in [4.69, 9.17) is 0 Å². The minimum Gasteiger partial charge on any atom is -0.0622 e. The molecule has 0 fully saturated rings. The minimum absolute atomic E-state index is 0.747. The molecule has 0 spiro atoms. The van der Waals surface area contributed by atoms with Gasteiger partial charge in [0, 0.05) is 0 Å². The van der Waals surface area contributed by atoms with Gasteiger partial charge in [0.2, 0.25) is 0 Å². The standard InChI is InChI=1S/C38H32P2/c1-29-23-25-35(37(27-29)39(31-15-7-3-8-16-31)32-17-9-4-10-18-32)36-26-24-30(2)28-38(36)40(33-19-11-5-12-20-33)34-21-13-6-14-22-34/h3-28H,1-2H3. The van der Waals surface area contributed by atoms with E-state index in [-0.39, 0.29) is 0 Å². The highest BCUT2D eigenvalue weighted by molar-refractivity contribution is 7.80. The molecule has 0 saturated carbocycles. The fraction of sp³-hybridized carbons (Fsp3) is 0.0526. The molecule has 0 heterocycles. The molecule has 0 bridgehead atoms. The van der Waals surface area contributed by atoms with Crippen LogP contribution in [0.15, 0.2) is 158 Å². The van der Waals surface area contributed by atoms with Gasteiger partial charge in [0.15, 0.2) is 0 Å². The summed E-state index contributed by atoms with van der Waals surface area (Å²) >= 11 is 0. The summed E-state index contributed by atoms with van der Waals surface area (Å²) in [5.74, 6) is 0. The van der Waals surface area contributed by atoms with Crippen molar-refractivity contribution in [1.82, 2.24) is 0 Å². The number of hydrogen-bond acceptors (Lipinski definition) is 0. The SMILES string of the molecule is Cc1ccc(-c2ccc(C)cc2P(c2ccccc2)c2ccccc2)c(P(c2ccccc2)c2ccccc2)c1. The van der Waals surface area contributed by atoms with Crippen molar-refractivity contribution in [3.8, 4) is 11.1 Å². The molecule has 6 rings (SSSR count). The molecule has 6 aromatic carbocycles. The smallest absolute Gasteiger partial charge is 0.00697 e. The number of hydrogen-bond donors (Lipinski definition) is 0. The Morgan fingerprint density at radius 1 is 0.325 bits per heavy atom. The Kier molecular flexibility index (Phi) is 8.02. The fourth-order valence-electron chi connectivity index (χ4n) is 5.27. The quantitative estimate of drug-likeness (QED) is 0.181. The van der Waals surface area contributed by atoms with Gasteiger partial charge in [0.1, 0.15) is 0 Å². The Labute approximate surface area is 240 Å². The summed E-state index contributed by atoms with van der Waals surface area (Å²) in [6, 6.07) is 58.3. The lowest BCUT2D eigenvalue weighted by atomic mass is 10.0. The van der Waals surface area contributed by atoms with Gasteiger partial charge in [-0.25, -0.2) is 0 Å². The van der Waals surface area contributed by atoms with Gasteiger partial charge in [-0.05, 0) is 72.6 Å². The third kappa shape index (κ3) is 5.57. The van der Waals surface area contributed by atoms with Crippen molar-refractivity contribution in [3.05, 3.63) is 169 Å². The number of rotatable bonds is 7. The summed E-state index contributed by atoms with van der Waals surface area (Å²) in [4.78, 5) is 0. The molecule has 0 unspecified atom stereocenters. The van der Waals surface area contributed by atoms with Crippen LogP contribution in [-0.4, -0.2) is 0 Å². The van der Waals surface area contributed by atoms with Crippen LogP contribution in [-0.2, 0) is 0 Å². The molecule has 0 N–H and O–H groups in total. The van der Waals surface area contributed by atoms with Gasteiger partial charge in [-0.1, -0.05) is 169 Å². The molecule has 2 heteroatoms. The van der Waals surface area contributed by atoms with E-state index in [1.54, 1.807) is 0 Å². The first-order valence-corrected chi connectivity index (χ1v) is 16.4. The average molecular weight is 551 g/mol. The third-order valence-electron chi connectivity index (χ3n) is 7.14. The summed E-state index contributed by atoms with van der Waals surface area (Å²) in [5.41, 5.74) is 5.25. The highest BCUT2D eigenvalue weighted by Gasteiger charge is 2.25. The van der Waals surface area contributed by atoms with Gasteiger partial charge in [-0.15, -0.1) is 0 Å². The average Bonchev–Trinajstić information content (AvgIpc) is 3.00. The van der Waals surface area contributed by atoms with Crippen LogP contribution in [0.4, 0.5) is 0 Å². The second-order valence-corrected chi connectivity index (χ2v) is 14.4. The minimum atomic E-state index is -0.747. The van der Waals surface area contributed by atoms with Crippen molar-refractivity contribution in [2.24, 2.45) is 0 Å². The zero-order chi connectivity index (χ0) is 27.3. The van der Waals surface area contributed by atoms with Crippen molar-refractivity contribution < 1.29 is 0 Å². The van der Waals surface area contributed by atoms with Crippen LogP contribution in [0.25, 0.3) is 11.1 Å². The Morgan fingerprint density at radius 3 is 0.875 bits per heavy atom. The fourth-order valence-corrected chi connectivity index (χ4v) is 10.4. The second-order valence-electron chi connectivity index (χ2n) is 10.1. The van der Waals surface area contributed by atoms with E-state index in [2.05, 4.69) is 172 Å². The van der Waals surface area contributed by atoms with Crippen LogP contribution in [0.5, 0.6) is 0 Å². The Morgan fingerprint density at radius 2 is 0.600 bits per heavy atom. The van der Waals surface area contributed by atoms with Gasteiger partial charge in [-0.2, -0.15) is 0 Å². The maximum absolute atomic E-state index is 2.43. The lowest BCUT2D eigenvalue weighted by Gasteiger charge is -2.27. The van der Waals surface area contributed by atoms with Crippen LogP contribution >= 0.6 is 15.8 Å². The van der Waals surface area contributed by atoms with Crippen LogP contribution in [0.2, 0.25) is 0 Å². The predicted octanol–water partition coefficient (Wildman–Crippen LogP) is 7.49. The molecule has 194 valence electrons. The van der Waals surface area contributed by atoms with Crippen molar-refractivity contribution in [3.63, 3.8) is 0 Å². The summed E-state index contributed by atoms with van der Waals surface area (Å²) < 4.78 is 0. The molecule has 6 aromatic rings. The Bertz CT molecular complexity index is 1490. The van der Waals surface area contributed by atoms with Gasteiger partial charge < -0.3 is 0 Å². The van der Waals surface area contributed by atoms with Crippen LogP contribution in [0.1, 0.15) is 11.1 Å². The molecule has 0 aliphatic carbocycles. The summed E-state index contributed by atoms with van der Waals surface area (Å²) in [7, 11) is -1.49. The van der Waals surface area contributed by atoms with E-state index >= 15 is 0 Å². The van der Waals surface area contributed by atoms with Gasteiger partial charge >= 0.3 is 0 Å². The van der Waals surface area contributed by atoms with E-state index in [0.717, 1.165) is 0 Å². The van der Waals surface area contributed by atoms with E-state index in [9.17, 15) is 0 Å². The molecule has 0 aromatic heterocycles. The summed E-state index contributed by atoms with van der Waals surface area (Å²) in [6.07, 6.45) is 0. The van der Waals surface area contributed by atoms with Crippen molar-refractivity contribution in [2.45, 2.75) is 13.8 Å². The van der Waals surface area contributed by atoms with Crippen molar-refractivity contribution >= 4 is 47.7 Å². The maximum atomic E-state index is 2.43. The van der Waals surface area contributed by atoms with Crippen molar-refractivity contribution in [2.75, 3.05) is 0 Å². The van der Waals surface area contributed by atoms with E-state index in [1.807, 2.05) is 0 Å². The monoisotopic (exact) mass is 550 g/mol. The third-order valence-corrected chi connectivity index (χ3v) is 12.1. The van der Waals surface area contributed by atoms with Crippen LogP contribution < -0.4 is 31.8 Å². The molecule has 40 heavy (non-hydrogen) atoms. The lowest BCUT2D eigenvalue weighted by molar-refractivity contribution is 1.47. The van der Waals surface area contributed by atoms with Crippen LogP contribution in [0.3, 0.4) is 0 Å². The van der Waals surface area contributed by atoms with E-state index in [1.165, 1.54) is 54.1 Å². The van der Waals surface area contributed by atoms with E-state index < -0.39 is 15.8 Å². The van der Waals surface area contributed by atoms with Gasteiger partial charge in [0.25, 0.3) is 0 Å². The normalized spacial score (nSPS) is 11.2. The number of benzene rings is 6. The van der Waals surface area contributed by atoms with Gasteiger partial charge in [0.05, 0.1) is 0 Å². The van der Waals surface area contributed by atoms with Crippen LogP contribution in [0, 0.1) is 13.8 Å². The molecule has 0 nitrogen and oxygen atoms in total. The van der Waals surface area contributed by atoms with Crippen molar-refractivity contribution in [1.29, 1.82) is 0 Å². The maximum Gasteiger partial charge on any atom is -0.00697 e.